The highest BCUT2D eigenvalue weighted by Gasteiger charge is 2.19. The molecule has 2 heteroatoms. The van der Waals surface area contributed by atoms with Crippen molar-refractivity contribution in [3.8, 4) is 33.6 Å². The Hall–Kier alpha value is -3.26. The van der Waals surface area contributed by atoms with Crippen LogP contribution in [0.25, 0.3) is 33.6 Å². The quantitative estimate of drug-likeness (QED) is 0.381. The zero-order chi connectivity index (χ0) is 17.1. The summed E-state index contributed by atoms with van der Waals surface area (Å²) in [6.45, 7) is 0. The average molecular weight is 327 g/mol. The van der Waals surface area contributed by atoms with Gasteiger partial charge in [0.15, 0.2) is 0 Å². The first kappa shape index (κ1) is 15.3. The highest BCUT2D eigenvalue weighted by molar-refractivity contribution is 5.84. The smallest absolute Gasteiger partial charge is 0.215 e. The standard InChI is InChI=1S/C23H16FO/c24-20-13-11-19(12-14-20)23-15-21(17-7-3-1-4-8-17)22(16-25-23)18-9-5-2-6-10-18/h1-16H/q+1. The van der Waals surface area contributed by atoms with E-state index < -0.39 is 0 Å². The average Bonchev–Trinajstić information content (AvgIpc) is 2.69. The summed E-state index contributed by atoms with van der Waals surface area (Å²) in [6.07, 6.45) is 1.77. The molecular formula is C23H16FO+. The Labute approximate surface area is 146 Å². The summed E-state index contributed by atoms with van der Waals surface area (Å²) < 4.78 is 19.1. The van der Waals surface area contributed by atoms with Crippen molar-refractivity contribution in [3.63, 3.8) is 0 Å². The molecule has 0 atom stereocenters. The SMILES string of the molecule is Fc1ccc(-c2cc(-c3ccccc3)c(-c3ccccc3)c[o+]2)cc1. The van der Waals surface area contributed by atoms with Gasteiger partial charge in [-0.1, -0.05) is 60.7 Å². The van der Waals surface area contributed by atoms with Gasteiger partial charge >= 0.3 is 12.0 Å². The minimum atomic E-state index is -0.257. The van der Waals surface area contributed by atoms with Gasteiger partial charge in [0.1, 0.15) is 5.82 Å². The molecule has 0 fully saturated rings. The summed E-state index contributed by atoms with van der Waals surface area (Å²) >= 11 is 0. The summed E-state index contributed by atoms with van der Waals surface area (Å²) in [4.78, 5) is 0. The predicted molar refractivity (Wildman–Crippen MR) is 99.4 cm³/mol. The molecule has 1 heterocycles. The molecule has 3 aromatic carbocycles. The van der Waals surface area contributed by atoms with Crippen molar-refractivity contribution in [3.05, 3.63) is 103 Å². The van der Waals surface area contributed by atoms with Crippen LogP contribution in [0.4, 0.5) is 4.39 Å². The highest BCUT2D eigenvalue weighted by Crippen LogP contribution is 2.35. The molecule has 0 aliphatic carbocycles. The summed E-state index contributed by atoms with van der Waals surface area (Å²) in [5.74, 6) is 0.450. The van der Waals surface area contributed by atoms with Gasteiger partial charge in [0, 0.05) is 5.56 Å². The van der Waals surface area contributed by atoms with E-state index in [9.17, 15) is 4.39 Å². The molecule has 1 aromatic heterocycles. The number of hydrogen-bond donors (Lipinski definition) is 0. The Morgan fingerprint density at radius 3 is 1.72 bits per heavy atom. The molecule has 4 aromatic rings. The van der Waals surface area contributed by atoms with Crippen LogP contribution in [0.1, 0.15) is 0 Å². The van der Waals surface area contributed by atoms with Crippen LogP contribution < -0.4 is 0 Å². The van der Waals surface area contributed by atoms with E-state index in [2.05, 4.69) is 24.3 Å². The third-order valence-corrected chi connectivity index (χ3v) is 4.17. The van der Waals surface area contributed by atoms with Crippen LogP contribution in [0.3, 0.4) is 0 Å². The monoisotopic (exact) mass is 327 g/mol. The maximum Gasteiger partial charge on any atom is 0.360 e. The molecule has 0 spiro atoms. The van der Waals surface area contributed by atoms with Crippen LogP contribution >= 0.6 is 0 Å². The van der Waals surface area contributed by atoms with Crippen LogP contribution in [0, 0.1) is 5.82 Å². The molecule has 0 saturated carbocycles. The number of benzene rings is 3. The largest absolute Gasteiger partial charge is 0.360 e. The second kappa shape index (κ2) is 6.70. The summed E-state index contributed by atoms with van der Waals surface area (Å²) in [6, 6.07) is 28.7. The van der Waals surface area contributed by atoms with Gasteiger partial charge in [0.25, 0.3) is 0 Å². The fraction of sp³-hybridized carbons (Fsp3) is 0. The van der Waals surface area contributed by atoms with E-state index in [1.807, 2.05) is 42.5 Å². The predicted octanol–water partition coefficient (Wildman–Crippen LogP) is 6.70. The van der Waals surface area contributed by atoms with Gasteiger partial charge in [0.2, 0.25) is 0 Å². The van der Waals surface area contributed by atoms with Crippen LogP contribution in [-0.2, 0) is 0 Å². The van der Waals surface area contributed by atoms with Crippen LogP contribution in [0.2, 0.25) is 0 Å². The molecule has 0 aliphatic heterocycles. The molecule has 25 heavy (non-hydrogen) atoms. The maximum absolute atomic E-state index is 13.2. The highest BCUT2D eigenvalue weighted by atomic mass is 19.1. The topological polar surface area (TPSA) is 11.3 Å². The molecule has 1 nitrogen and oxygen atoms in total. The van der Waals surface area contributed by atoms with E-state index >= 15 is 0 Å². The first-order chi connectivity index (χ1) is 12.3. The minimum Gasteiger partial charge on any atom is -0.215 e. The van der Waals surface area contributed by atoms with Gasteiger partial charge in [-0.3, -0.25) is 0 Å². The Morgan fingerprint density at radius 2 is 1.12 bits per heavy atom. The Balaban J connectivity index is 1.90. The lowest BCUT2D eigenvalue weighted by molar-refractivity contribution is 0.568. The van der Waals surface area contributed by atoms with Crippen LogP contribution in [0.15, 0.2) is 102 Å². The van der Waals surface area contributed by atoms with E-state index in [1.165, 1.54) is 12.1 Å². The molecule has 0 bridgehead atoms. The Morgan fingerprint density at radius 1 is 0.560 bits per heavy atom. The zero-order valence-electron chi connectivity index (χ0n) is 13.5. The zero-order valence-corrected chi connectivity index (χ0v) is 13.5. The first-order valence-electron chi connectivity index (χ1n) is 8.14. The molecular weight excluding hydrogens is 311 g/mol. The van der Waals surface area contributed by atoms with E-state index in [1.54, 1.807) is 18.4 Å². The first-order valence-corrected chi connectivity index (χ1v) is 8.14. The Kier molecular flexibility index (Phi) is 4.09. The lowest BCUT2D eigenvalue weighted by atomic mass is 9.95. The van der Waals surface area contributed by atoms with Crippen molar-refractivity contribution in [2.45, 2.75) is 0 Å². The molecule has 0 saturated heterocycles. The van der Waals surface area contributed by atoms with Gasteiger partial charge < -0.3 is 0 Å². The summed E-state index contributed by atoms with van der Waals surface area (Å²) in [5, 5.41) is 0. The van der Waals surface area contributed by atoms with Crippen molar-refractivity contribution < 1.29 is 8.81 Å². The molecule has 0 aliphatic rings. The lowest BCUT2D eigenvalue weighted by Crippen LogP contribution is -1.87. The number of hydrogen-bond acceptors (Lipinski definition) is 0. The third kappa shape index (κ3) is 3.20. The summed E-state index contributed by atoms with van der Waals surface area (Å²) in [7, 11) is 0. The second-order valence-electron chi connectivity index (χ2n) is 5.81. The molecule has 4 rings (SSSR count). The second-order valence-corrected chi connectivity index (χ2v) is 5.81. The van der Waals surface area contributed by atoms with Crippen molar-refractivity contribution in [1.82, 2.24) is 0 Å². The summed E-state index contributed by atoms with van der Waals surface area (Å²) in [5.41, 5.74) is 5.16. The van der Waals surface area contributed by atoms with Crippen molar-refractivity contribution in [2.75, 3.05) is 0 Å². The van der Waals surface area contributed by atoms with Gasteiger partial charge in [0.05, 0.1) is 17.2 Å². The number of halogens is 1. The van der Waals surface area contributed by atoms with Gasteiger partial charge in [-0.2, -0.15) is 0 Å². The van der Waals surface area contributed by atoms with Gasteiger partial charge in [-0.15, -0.1) is 0 Å². The molecule has 0 radical (unpaired) electrons. The van der Waals surface area contributed by atoms with Crippen LogP contribution in [-0.4, -0.2) is 0 Å². The van der Waals surface area contributed by atoms with Gasteiger partial charge in [-0.05, 0) is 35.4 Å². The molecule has 0 unspecified atom stereocenters. The fourth-order valence-corrected chi connectivity index (χ4v) is 2.89. The molecule has 0 amide bonds. The fourth-order valence-electron chi connectivity index (χ4n) is 2.89. The van der Waals surface area contributed by atoms with Crippen LogP contribution in [0.5, 0.6) is 0 Å². The minimum absolute atomic E-state index is 0.257. The van der Waals surface area contributed by atoms with Gasteiger partial charge in [-0.25, -0.2) is 8.81 Å². The van der Waals surface area contributed by atoms with E-state index in [4.69, 9.17) is 4.42 Å². The van der Waals surface area contributed by atoms with Crippen molar-refractivity contribution in [1.29, 1.82) is 0 Å². The lowest BCUT2D eigenvalue weighted by Gasteiger charge is -2.06. The normalized spacial score (nSPS) is 10.6. The van der Waals surface area contributed by atoms with Crippen molar-refractivity contribution >= 4 is 0 Å². The third-order valence-electron chi connectivity index (χ3n) is 4.17. The number of rotatable bonds is 3. The van der Waals surface area contributed by atoms with Crippen molar-refractivity contribution in [2.24, 2.45) is 0 Å². The molecule has 120 valence electrons. The molecule has 0 N–H and O–H groups in total. The maximum atomic E-state index is 13.2. The van der Waals surface area contributed by atoms with E-state index in [0.29, 0.717) is 5.76 Å². The van der Waals surface area contributed by atoms with E-state index in [-0.39, 0.29) is 5.82 Å². The van der Waals surface area contributed by atoms with E-state index in [0.717, 1.165) is 27.8 Å². The Bertz CT molecular complexity index is 977.